The van der Waals surface area contributed by atoms with Gasteiger partial charge in [-0.3, -0.25) is 0 Å². The first-order valence-electron chi connectivity index (χ1n) is 11.3. The van der Waals surface area contributed by atoms with Gasteiger partial charge in [0.25, 0.3) is 0 Å². The molecule has 0 unspecified atom stereocenters. The first kappa shape index (κ1) is 22.0. The van der Waals surface area contributed by atoms with Gasteiger partial charge in [-0.1, -0.05) is 131 Å². The molecule has 27 heavy (non-hydrogen) atoms. The average molecular weight is 381 g/mol. The molecule has 0 atom stereocenters. The first-order chi connectivity index (χ1) is 13.2. The second kappa shape index (κ2) is 10.9. The third-order valence-corrected chi connectivity index (χ3v) is 13.0. The average Bonchev–Trinajstić information content (AvgIpc) is 2.72. The number of hydrogen-bond acceptors (Lipinski definition) is 0. The van der Waals surface area contributed by atoms with Gasteiger partial charge in [-0.25, -0.2) is 0 Å². The van der Waals surface area contributed by atoms with Crippen molar-refractivity contribution < 1.29 is 0 Å². The quantitative estimate of drug-likeness (QED) is 0.342. The summed E-state index contributed by atoms with van der Waals surface area (Å²) in [5.74, 6) is 0. The van der Waals surface area contributed by atoms with E-state index in [1.807, 2.05) is 0 Å². The second-order valence-corrected chi connectivity index (χ2v) is 12.8. The molecule has 0 bridgehead atoms. The predicted octanol–water partition coefficient (Wildman–Crippen LogP) is 7.19. The zero-order valence-electron chi connectivity index (χ0n) is 18.1. The number of benzene rings is 2. The van der Waals surface area contributed by atoms with Gasteiger partial charge in [0.05, 0.1) is 0 Å². The molecular weight excluding hydrogens is 340 g/mol. The van der Waals surface area contributed by atoms with Crippen molar-refractivity contribution >= 4 is 18.4 Å². The minimum atomic E-state index is -1.91. The Labute approximate surface area is 169 Å². The third-order valence-electron chi connectivity index (χ3n) is 6.53. The molecule has 2 aromatic carbocycles. The fourth-order valence-corrected chi connectivity index (χ4v) is 12.5. The topological polar surface area (TPSA) is 0 Å². The maximum absolute atomic E-state index is 2.46. The van der Waals surface area contributed by atoms with Crippen molar-refractivity contribution in [2.45, 2.75) is 90.1 Å². The van der Waals surface area contributed by atoms with E-state index in [0.717, 1.165) is 0 Å². The van der Waals surface area contributed by atoms with Gasteiger partial charge in [-0.15, -0.1) is 0 Å². The number of hydrogen-bond donors (Lipinski definition) is 0. The maximum atomic E-state index is 2.46. The van der Waals surface area contributed by atoms with Gasteiger partial charge in [0, 0.05) is 0 Å². The van der Waals surface area contributed by atoms with Crippen LogP contribution in [0.2, 0.25) is 11.1 Å². The van der Waals surface area contributed by atoms with E-state index in [1.54, 1.807) is 10.4 Å². The molecule has 0 aliphatic rings. The lowest BCUT2D eigenvalue weighted by Crippen LogP contribution is -2.66. The molecule has 0 N–H and O–H groups in total. The SMILES string of the molecule is CCCCC(CCC)(CCC)[Si](CCC)(c1ccccc1)c1ccccc1. The Morgan fingerprint density at radius 2 is 1.07 bits per heavy atom. The van der Waals surface area contributed by atoms with Crippen LogP contribution in [0.1, 0.15) is 79.1 Å². The summed E-state index contributed by atoms with van der Waals surface area (Å²) in [6, 6.07) is 24.7. The van der Waals surface area contributed by atoms with Gasteiger partial charge in [0.15, 0.2) is 0 Å². The minimum Gasteiger partial charge on any atom is -0.0656 e. The Morgan fingerprint density at radius 1 is 0.593 bits per heavy atom. The van der Waals surface area contributed by atoms with Crippen molar-refractivity contribution in [3.8, 4) is 0 Å². The van der Waals surface area contributed by atoms with Gasteiger partial charge >= 0.3 is 0 Å². The highest BCUT2D eigenvalue weighted by Gasteiger charge is 2.52. The highest BCUT2D eigenvalue weighted by molar-refractivity contribution is 7.04. The van der Waals surface area contributed by atoms with Crippen LogP contribution in [0.15, 0.2) is 60.7 Å². The van der Waals surface area contributed by atoms with Crippen molar-refractivity contribution in [2.24, 2.45) is 0 Å². The Kier molecular flexibility index (Phi) is 8.82. The van der Waals surface area contributed by atoms with E-state index >= 15 is 0 Å². The normalized spacial score (nSPS) is 12.3. The van der Waals surface area contributed by atoms with E-state index in [2.05, 4.69) is 88.4 Å². The fourth-order valence-electron chi connectivity index (χ4n) is 5.64. The van der Waals surface area contributed by atoms with E-state index in [1.165, 1.54) is 57.4 Å². The van der Waals surface area contributed by atoms with Crippen molar-refractivity contribution in [1.29, 1.82) is 0 Å². The van der Waals surface area contributed by atoms with Gasteiger partial charge in [0.2, 0.25) is 0 Å². The molecule has 0 amide bonds. The number of rotatable bonds is 12. The van der Waals surface area contributed by atoms with Gasteiger partial charge < -0.3 is 0 Å². The molecule has 1 heteroatoms. The maximum Gasteiger partial charge on any atom is 0.124 e. The van der Waals surface area contributed by atoms with Crippen molar-refractivity contribution in [1.82, 2.24) is 0 Å². The predicted molar refractivity (Wildman–Crippen MR) is 125 cm³/mol. The van der Waals surface area contributed by atoms with Crippen LogP contribution in [0.25, 0.3) is 0 Å². The molecule has 0 fully saturated rings. The largest absolute Gasteiger partial charge is 0.124 e. The highest BCUT2D eigenvalue weighted by Crippen LogP contribution is 2.52. The molecule has 0 nitrogen and oxygen atoms in total. The second-order valence-electron chi connectivity index (χ2n) is 8.27. The van der Waals surface area contributed by atoms with Gasteiger partial charge in [-0.2, -0.15) is 0 Å². The van der Waals surface area contributed by atoms with E-state index in [0.29, 0.717) is 5.04 Å². The van der Waals surface area contributed by atoms with Crippen LogP contribution in [-0.2, 0) is 0 Å². The third kappa shape index (κ3) is 4.56. The lowest BCUT2D eigenvalue weighted by Gasteiger charge is -2.51. The highest BCUT2D eigenvalue weighted by atomic mass is 28.3. The van der Waals surface area contributed by atoms with Crippen LogP contribution >= 0.6 is 0 Å². The minimum absolute atomic E-state index is 0.464. The van der Waals surface area contributed by atoms with Crippen molar-refractivity contribution in [3.05, 3.63) is 60.7 Å². The lowest BCUT2D eigenvalue weighted by molar-refractivity contribution is 0.404. The van der Waals surface area contributed by atoms with Crippen LogP contribution in [0.3, 0.4) is 0 Å². The molecule has 148 valence electrons. The zero-order chi connectivity index (χ0) is 19.6. The molecular formula is C26H40Si. The summed E-state index contributed by atoms with van der Waals surface area (Å²) in [6.07, 6.45) is 10.7. The molecule has 0 heterocycles. The first-order valence-corrected chi connectivity index (χ1v) is 13.5. The smallest absolute Gasteiger partial charge is 0.0656 e. The van der Waals surface area contributed by atoms with Crippen LogP contribution in [0.4, 0.5) is 0 Å². The van der Waals surface area contributed by atoms with E-state index in [-0.39, 0.29) is 0 Å². The summed E-state index contributed by atoms with van der Waals surface area (Å²) in [5.41, 5.74) is 0. The monoisotopic (exact) mass is 380 g/mol. The van der Waals surface area contributed by atoms with E-state index < -0.39 is 8.07 Å². The Morgan fingerprint density at radius 3 is 1.44 bits per heavy atom. The summed E-state index contributed by atoms with van der Waals surface area (Å²) >= 11 is 0. The van der Waals surface area contributed by atoms with Crippen LogP contribution in [0.5, 0.6) is 0 Å². The molecule has 2 rings (SSSR count). The van der Waals surface area contributed by atoms with Crippen molar-refractivity contribution in [3.63, 3.8) is 0 Å². The summed E-state index contributed by atoms with van der Waals surface area (Å²) in [7, 11) is -1.91. The number of unbranched alkanes of at least 4 members (excludes halogenated alkanes) is 1. The molecule has 2 aromatic rings. The molecule has 0 saturated carbocycles. The molecule has 0 spiro atoms. The molecule has 0 radical (unpaired) electrons. The van der Waals surface area contributed by atoms with Gasteiger partial charge in [0.1, 0.15) is 8.07 Å². The summed E-state index contributed by atoms with van der Waals surface area (Å²) < 4.78 is 0. The fraction of sp³-hybridized carbons (Fsp3) is 0.538. The van der Waals surface area contributed by atoms with Crippen LogP contribution in [0, 0.1) is 0 Å². The summed E-state index contributed by atoms with van der Waals surface area (Å²) in [4.78, 5) is 0. The summed E-state index contributed by atoms with van der Waals surface area (Å²) in [6.45, 7) is 9.56. The molecule has 0 aliphatic carbocycles. The Balaban J connectivity index is 2.80. The van der Waals surface area contributed by atoms with E-state index in [9.17, 15) is 0 Å². The van der Waals surface area contributed by atoms with Crippen molar-refractivity contribution in [2.75, 3.05) is 0 Å². The standard InChI is InChI=1S/C26H40Si/c1-5-9-22-26(20-6-2,21-7-3)27(23-8-4,24-16-12-10-13-17-24)25-18-14-11-15-19-25/h10-19H,5-9,20-23H2,1-4H3. The molecule has 0 saturated heterocycles. The Hall–Kier alpha value is -1.34. The van der Waals surface area contributed by atoms with Crippen LogP contribution in [-0.4, -0.2) is 8.07 Å². The van der Waals surface area contributed by atoms with Gasteiger partial charge in [-0.05, 0) is 30.3 Å². The zero-order valence-corrected chi connectivity index (χ0v) is 19.1. The Bertz CT molecular complexity index is 586. The summed E-state index contributed by atoms with van der Waals surface area (Å²) in [5, 5.41) is 3.79. The molecule has 0 aliphatic heterocycles. The van der Waals surface area contributed by atoms with E-state index in [4.69, 9.17) is 0 Å². The lowest BCUT2D eigenvalue weighted by atomic mass is 9.91. The molecule has 0 aromatic heterocycles. The van der Waals surface area contributed by atoms with Crippen LogP contribution < -0.4 is 10.4 Å².